The van der Waals surface area contributed by atoms with E-state index in [9.17, 15) is 9.90 Å². The molecule has 0 saturated carbocycles. The summed E-state index contributed by atoms with van der Waals surface area (Å²) >= 11 is 6.56. The first-order chi connectivity index (χ1) is 17.9. The highest BCUT2D eigenvalue weighted by molar-refractivity contribution is 6.32. The fraction of sp³-hybridized carbons (Fsp3) is 0.321. The van der Waals surface area contributed by atoms with E-state index >= 15 is 4.39 Å². The molecule has 3 aromatic rings. The number of ether oxygens (including phenoxy) is 3. The van der Waals surface area contributed by atoms with Gasteiger partial charge in [-0.3, -0.25) is 10.1 Å². The summed E-state index contributed by atoms with van der Waals surface area (Å²) in [5.41, 5.74) is 3.91. The molecule has 0 spiro atoms. The number of halogens is 2. The fourth-order valence-electron chi connectivity index (χ4n) is 4.58. The highest BCUT2D eigenvalue weighted by Gasteiger charge is 2.29. The monoisotopic (exact) mass is 529 g/mol. The molecule has 0 unspecified atom stereocenters. The summed E-state index contributed by atoms with van der Waals surface area (Å²) in [6.07, 6.45) is 1.12. The van der Waals surface area contributed by atoms with Crippen LogP contribution in [-0.2, 0) is 17.8 Å². The first kappa shape index (κ1) is 26.7. The molecule has 9 heteroatoms. The molecule has 3 N–H and O–H groups in total. The summed E-state index contributed by atoms with van der Waals surface area (Å²) < 4.78 is 32.3. The summed E-state index contributed by atoms with van der Waals surface area (Å²) in [6.45, 7) is 1.82. The first-order valence-corrected chi connectivity index (χ1v) is 12.4. The van der Waals surface area contributed by atoms with E-state index in [0.29, 0.717) is 47.1 Å². The van der Waals surface area contributed by atoms with Crippen LogP contribution in [0, 0.1) is 5.82 Å². The first-order valence-electron chi connectivity index (χ1n) is 12.0. The van der Waals surface area contributed by atoms with Crippen LogP contribution in [0.5, 0.6) is 17.2 Å². The van der Waals surface area contributed by atoms with Crippen molar-refractivity contribution in [3.8, 4) is 28.4 Å². The van der Waals surface area contributed by atoms with Crippen LogP contribution in [0.4, 0.5) is 4.39 Å². The van der Waals surface area contributed by atoms with Crippen LogP contribution in [0.25, 0.3) is 11.1 Å². The summed E-state index contributed by atoms with van der Waals surface area (Å²) in [4.78, 5) is 11.2. The van der Waals surface area contributed by atoms with Crippen LogP contribution >= 0.6 is 11.6 Å². The van der Waals surface area contributed by atoms with Crippen LogP contribution < -0.4 is 19.5 Å². The van der Waals surface area contributed by atoms with Crippen molar-refractivity contribution >= 4 is 17.6 Å². The lowest BCUT2D eigenvalue weighted by molar-refractivity contribution is -0.140. The van der Waals surface area contributed by atoms with Gasteiger partial charge in [0.2, 0.25) is 0 Å². The molecule has 0 radical (unpaired) electrons. The molecule has 4 rings (SSSR count). The molecular formula is C28H29ClFNO6. The molecule has 0 aromatic heterocycles. The number of carboxylic acid groups (broad SMARTS) is 1. The molecular weight excluding hydrogens is 501 g/mol. The maximum Gasteiger partial charge on any atom is 0.323 e. The van der Waals surface area contributed by atoms with Crippen LogP contribution in [-0.4, -0.2) is 42.5 Å². The van der Waals surface area contributed by atoms with Crippen molar-refractivity contribution in [1.29, 1.82) is 0 Å². The van der Waals surface area contributed by atoms with Gasteiger partial charge in [-0.1, -0.05) is 41.9 Å². The topological polar surface area (TPSA) is 97.3 Å². The number of carboxylic acids is 1. The van der Waals surface area contributed by atoms with Crippen molar-refractivity contribution in [2.75, 3.05) is 20.3 Å². The summed E-state index contributed by atoms with van der Waals surface area (Å²) in [6, 6.07) is 13.1. The van der Waals surface area contributed by atoms with Crippen molar-refractivity contribution in [2.45, 2.75) is 38.5 Å². The molecule has 0 aliphatic heterocycles. The lowest BCUT2D eigenvalue weighted by Crippen LogP contribution is -2.39. The standard InChI is InChI=1S/C28H29ClFNO6/c1-3-36-25-13-26(21(29)12-16(25)14-31-22(15-32)28(33)34)37-23-11-10-18-17(6-4-7-19(18)23)20-8-5-9-24(35-2)27(20)30/h4-9,12-13,22-23,31-32H,3,10-11,14-15H2,1-2H3,(H,33,34)/t22-,23-/m0/s1. The van der Waals surface area contributed by atoms with Gasteiger partial charge in [0.05, 0.1) is 25.3 Å². The van der Waals surface area contributed by atoms with E-state index in [4.69, 9.17) is 30.9 Å². The number of hydrogen-bond acceptors (Lipinski definition) is 6. The zero-order valence-corrected chi connectivity index (χ0v) is 21.3. The molecule has 7 nitrogen and oxygen atoms in total. The van der Waals surface area contributed by atoms with Gasteiger partial charge in [-0.2, -0.15) is 0 Å². The normalized spacial score (nSPS) is 15.2. The number of aliphatic carboxylic acids is 1. The van der Waals surface area contributed by atoms with Gasteiger partial charge in [0.25, 0.3) is 0 Å². The minimum absolute atomic E-state index is 0.134. The molecule has 0 amide bonds. The zero-order chi connectivity index (χ0) is 26.5. The Kier molecular flexibility index (Phi) is 8.53. The Hall–Kier alpha value is -3.33. The number of hydrogen-bond donors (Lipinski definition) is 3. The maximum atomic E-state index is 15.0. The van der Waals surface area contributed by atoms with Crippen molar-refractivity contribution < 1.29 is 33.6 Å². The molecule has 1 aliphatic rings. The van der Waals surface area contributed by atoms with Crippen molar-refractivity contribution in [3.63, 3.8) is 0 Å². The highest BCUT2D eigenvalue weighted by atomic mass is 35.5. The Morgan fingerprint density at radius 3 is 2.62 bits per heavy atom. The van der Waals surface area contributed by atoms with Gasteiger partial charge < -0.3 is 24.4 Å². The Labute approximate surface area is 219 Å². The number of fused-ring (bicyclic) bond motifs is 1. The number of aliphatic hydroxyl groups excluding tert-OH is 1. The Balaban J connectivity index is 1.60. The molecule has 196 valence electrons. The molecule has 1 aliphatic carbocycles. The predicted octanol–water partition coefficient (Wildman–Crippen LogP) is 5.15. The number of methoxy groups -OCH3 is 1. The molecule has 0 heterocycles. The van der Waals surface area contributed by atoms with Gasteiger partial charge in [-0.15, -0.1) is 0 Å². The van der Waals surface area contributed by atoms with Gasteiger partial charge >= 0.3 is 5.97 Å². The highest BCUT2D eigenvalue weighted by Crippen LogP contribution is 2.43. The molecule has 2 atom stereocenters. The van der Waals surface area contributed by atoms with Crippen LogP contribution in [0.1, 0.15) is 36.1 Å². The van der Waals surface area contributed by atoms with Crippen molar-refractivity contribution in [3.05, 3.63) is 76.1 Å². The summed E-state index contributed by atoms with van der Waals surface area (Å²) in [5.74, 6) is -0.426. The van der Waals surface area contributed by atoms with Crippen LogP contribution in [0.2, 0.25) is 5.02 Å². The number of nitrogens with one attached hydrogen (secondary N) is 1. The molecule has 0 fully saturated rings. The van der Waals surface area contributed by atoms with Gasteiger partial charge in [0, 0.05) is 23.7 Å². The third-order valence-corrected chi connectivity index (χ3v) is 6.69. The van der Waals surface area contributed by atoms with E-state index in [0.717, 1.165) is 16.7 Å². The van der Waals surface area contributed by atoms with E-state index < -0.39 is 24.4 Å². The van der Waals surface area contributed by atoms with E-state index in [1.54, 1.807) is 30.3 Å². The molecule has 0 bridgehead atoms. The second-order valence-corrected chi connectivity index (χ2v) is 9.03. The number of carbonyl (C=O) groups is 1. The minimum atomic E-state index is -1.15. The average molecular weight is 530 g/mol. The average Bonchev–Trinajstić information content (AvgIpc) is 3.30. The second kappa shape index (κ2) is 11.8. The SMILES string of the molecule is CCOc1cc(O[C@H]2CCc3c(-c4cccc(OC)c4F)cccc32)c(Cl)cc1CN[C@@H](CO)C(=O)O. The number of rotatable bonds is 11. The zero-order valence-electron chi connectivity index (χ0n) is 20.6. The second-order valence-electron chi connectivity index (χ2n) is 8.62. The lowest BCUT2D eigenvalue weighted by Gasteiger charge is -2.20. The maximum absolute atomic E-state index is 15.0. The van der Waals surface area contributed by atoms with E-state index in [1.165, 1.54) is 7.11 Å². The van der Waals surface area contributed by atoms with E-state index in [1.807, 2.05) is 25.1 Å². The van der Waals surface area contributed by atoms with Gasteiger partial charge in [-0.05, 0) is 48.6 Å². The van der Waals surface area contributed by atoms with E-state index in [-0.39, 0.29) is 18.4 Å². The van der Waals surface area contributed by atoms with Crippen molar-refractivity contribution in [2.24, 2.45) is 0 Å². The smallest absolute Gasteiger partial charge is 0.323 e. The number of benzene rings is 3. The fourth-order valence-corrected chi connectivity index (χ4v) is 4.81. The third kappa shape index (κ3) is 5.66. The lowest BCUT2D eigenvalue weighted by atomic mass is 9.96. The Morgan fingerprint density at radius 2 is 1.92 bits per heavy atom. The van der Waals surface area contributed by atoms with Crippen LogP contribution in [0.3, 0.4) is 0 Å². The molecule has 37 heavy (non-hydrogen) atoms. The predicted molar refractivity (Wildman–Crippen MR) is 138 cm³/mol. The minimum Gasteiger partial charge on any atom is -0.494 e. The van der Waals surface area contributed by atoms with E-state index in [2.05, 4.69) is 5.32 Å². The Morgan fingerprint density at radius 1 is 1.16 bits per heavy atom. The summed E-state index contributed by atoms with van der Waals surface area (Å²) in [7, 11) is 1.44. The molecule has 3 aromatic carbocycles. The van der Waals surface area contributed by atoms with Gasteiger partial charge in [-0.25, -0.2) is 4.39 Å². The van der Waals surface area contributed by atoms with Crippen LogP contribution in [0.15, 0.2) is 48.5 Å². The van der Waals surface area contributed by atoms with Crippen molar-refractivity contribution in [1.82, 2.24) is 5.32 Å². The largest absolute Gasteiger partial charge is 0.494 e. The number of aliphatic hydroxyl groups is 1. The summed E-state index contributed by atoms with van der Waals surface area (Å²) in [5, 5.41) is 21.6. The third-order valence-electron chi connectivity index (χ3n) is 6.39. The van der Waals surface area contributed by atoms with Gasteiger partial charge in [0.15, 0.2) is 11.6 Å². The van der Waals surface area contributed by atoms with Gasteiger partial charge in [0.1, 0.15) is 23.6 Å². The quantitative estimate of drug-likeness (QED) is 0.316. The molecule has 0 saturated heterocycles. The Bertz CT molecular complexity index is 1280.